The lowest BCUT2D eigenvalue weighted by atomic mass is 9.95. The molecule has 0 bridgehead atoms. The summed E-state index contributed by atoms with van der Waals surface area (Å²) in [4.78, 5) is 4.09. The Morgan fingerprint density at radius 1 is 1.23 bits per heavy atom. The van der Waals surface area contributed by atoms with Gasteiger partial charge < -0.3 is 10.5 Å². The fourth-order valence-electron chi connectivity index (χ4n) is 2.83. The second kappa shape index (κ2) is 7.93. The normalized spacial score (nSPS) is 11.0. The van der Waals surface area contributed by atoms with E-state index in [4.69, 9.17) is 22.1 Å². The van der Waals surface area contributed by atoms with Crippen LogP contribution in [0.15, 0.2) is 30.6 Å². The number of nitriles is 2. The van der Waals surface area contributed by atoms with Crippen LogP contribution in [0.1, 0.15) is 23.6 Å². The number of nitrogens with zero attached hydrogens (tertiary/aromatic N) is 5. The lowest BCUT2D eigenvalue weighted by molar-refractivity contribution is -0.137. The van der Waals surface area contributed by atoms with Gasteiger partial charge in [0.2, 0.25) is 0 Å². The van der Waals surface area contributed by atoms with E-state index in [1.807, 2.05) is 12.1 Å². The molecule has 2 N–H and O–H groups in total. The van der Waals surface area contributed by atoms with Gasteiger partial charge in [0.05, 0.1) is 29.6 Å². The second-order valence-electron chi connectivity index (χ2n) is 5.92. The summed E-state index contributed by atoms with van der Waals surface area (Å²) in [5.41, 5.74) is 4.70. The molecule has 0 amide bonds. The number of anilines is 1. The van der Waals surface area contributed by atoms with Gasteiger partial charge in [-0.2, -0.15) is 28.8 Å². The third-order valence-electron chi connectivity index (χ3n) is 4.08. The quantitative estimate of drug-likeness (QED) is 0.656. The van der Waals surface area contributed by atoms with Crippen molar-refractivity contribution in [2.75, 3.05) is 12.3 Å². The predicted octanol–water partition coefficient (Wildman–Crippen LogP) is 4.33. The molecule has 2 aromatic heterocycles. The molecule has 3 rings (SSSR count). The van der Waals surface area contributed by atoms with E-state index in [0.29, 0.717) is 12.4 Å². The van der Waals surface area contributed by atoms with Gasteiger partial charge in [0.25, 0.3) is 0 Å². The number of pyridine rings is 1. The smallest absolute Gasteiger partial charge is 0.417 e. The molecule has 0 saturated heterocycles. The van der Waals surface area contributed by atoms with Crippen molar-refractivity contribution in [2.24, 2.45) is 0 Å². The van der Waals surface area contributed by atoms with Crippen LogP contribution in [0.5, 0.6) is 5.75 Å². The first kappa shape index (κ1) is 21.0. The maximum Gasteiger partial charge on any atom is 0.417 e. The highest BCUT2D eigenvalue weighted by Crippen LogP contribution is 2.39. The Balaban J connectivity index is 2.29. The van der Waals surface area contributed by atoms with E-state index in [9.17, 15) is 23.7 Å². The van der Waals surface area contributed by atoms with Crippen molar-refractivity contribution in [1.82, 2.24) is 14.8 Å². The van der Waals surface area contributed by atoms with E-state index in [-0.39, 0.29) is 33.9 Å². The van der Waals surface area contributed by atoms with Crippen LogP contribution in [0, 0.1) is 22.7 Å². The third-order valence-corrected chi connectivity index (χ3v) is 4.39. The Bertz CT molecular complexity index is 1210. The molecule has 7 nitrogen and oxygen atoms in total. The summed E-state index contributed by atoms with van der Waals surface area (Å²) in [5, 5.41) is 22.8. The van der Waals surface area contributed by atoms with E-state index in [2.05, 4.69) is 10.1 Å². The average molecular weight is 433 g/mol. The minimum atomic E-state index is -4.65. The molecule has 2 heterocycles. The topological polar surface area (TPSA) is 114 Å². The highest BCUT2D eigenvalue weighted by atomic mass is 35.5. The van der Waals surface area contributed by atoms with Crippen molar-refractivity contribution in [2.45, 2.75) is 13.1 Å². The van der Waals surface area contributed by atoms with E-state index >= 15 is 0 Å². The number of ether oxygens (including phenoxy) is 1. The summed E-state index contributed by atoms with van der Waals surface area (Å²) < 4.78 is 45.7. The van der Waals surface area contributed by atoms with Crippen LogP contribution in [0.25, 0.3) is 16.9 Å². The molecular weight excluding hydrogens is 421 g/mol. The molecule has 0 aliphatic heterocycles. The Kier molecular flexibility index (Phi) is 5.54. The third kappa shape index (κ3) is 3.73. The molecule has 0 fully saturated rings. The molecule has 0 spiro atoms. The van der Waals surface area contributed by atoms with Crippen molar-refractivity contribution in [1.29, 1.82) is 10.5 Å². The monoisotopic (exact) mass is 432 g/mol. The number of halogens is 4. The standard InChI is InChI=1S/C19H12ClF3N6O/c1-2-30-11-8-27-29(9-11)18-13(7-25)16(12(6-24)17(26)28-18)10-3-4-14(15(20)5-10)19(21,22)23/h3-5,8-9H,2H2,1H3,(H2,26,28). The van der Waals surface area contributed by atoms with E-state index in [1.165, 1.54) is 17.1 Å². The SMILES string of the molecule is CCOc1cnn(-c2nc(N)c(C#N)c(-c3ccc(C(F)(F)F)c(Cl)c3)c2C#N)c1. The van der Waals surface area contributed by atoms with Crippen molar-refractivity contribution >= 4 is 17.4 Å². The van der Waals surface area contributed by atoms with Gasteiger partial charge in [0.1, 0.15) is 29.1 Å². The summed E-state index contributed by atoms with van der Waals surface area (Å²) in [6.45, 7) is 2.16. The molecule has 30 heavy (non-hydrogen) atoms. The number of hydrogen-bond acceptors (Lipinski definition) is 6. The summed E-state index contributed by atoms with van der Waals surface area (Å²) in [6.07, 6.45) is -1.80. The highest BCUT2D eigenvalue weighted by Gasteiger charge is 2.33. The van der Waals surface area contributed by atoms with Crippen LogP contribution in [0.3, 0.4) is 0 Å². The molecule has 0 unspecified atom stereocenters. The van der Waals surface area contributed by atoms with Crippen molar-refractivity contribution < 1.29 is 17.9 Å². The Morgan fingerprint density at radius 2 is 1.93 bits per heavy atom. The first-order valence-electron chi connectivity index (χ1n) is 8.39. The van der Waals surface area contributed by atoms with Gasteiger partial charge in [-0.15, -0.1) is 0 Å². The van der Waals surface area contributed by atoms with Gasteiger partial charge in [0.15, 0.2) is 11.6 Å². The van der Waals surface area contributed by atoms with Crippen molar-refractivity contribution in [3.05, 3.63) is 52.3 Å². The van der Waals surface area contributed by atoms with E-state index in [0.717, 1.165) is 18.2 Å². The number of nitrogen functional groups attached to an aromatic ring is 1. The maximum absolute atomic E-state index is 13.0. The van der Waals surface area contributed by atoms with Crippen LogP contribution in [-0.4, -0.2) is 21.4 Å². The number of rotatable bonds is 4. The zero-order valence-corrected chi connectivity index (χ0v) is 16.1. The molecule has 0 atom stereocenters. The summed E-state index contributed by atoms with van der Waals surface area (Å²) in [7, 11) is 0. The fourth-order valence-corrected chi connectivity index (χ4v) is 3.12. The van der Waals surface area contributed by atoms with Crippen LogP contribution in [0.2, 0.25) is 5.02 Å². The first-order chi connectivity index (χ1) is 14.2. The van der Waals surface area contributed by atoms with Gasteiger partial charge in [-0.05, 0) is 24.6 Å². The molecule has 0 saturated carbocycles. The second-order valence-corrected chi connectivity index (χ2v) is 6.32. The van der Waals surface area contributed by atoms with E-state index in [1.54, 1.807) is 6.92 Å². The van der Waals surface area contributed by atoms with Crippen LogP contribution in [0.4, 0.5) is 19.0 Å². The highest BCUT2D eigenvalue weighted by molar-refractivity contribution is 6.31. The van der Waals surface area contributed by atoms with Gasteiger partial charge >= 0.3 is 6.18 Å². The van der Waals surface area contributed by atoms with E-state index < -0.39 is 16.8 Å². The van der Waals surface area contributed by atoms with Gasteiger partial charge in [-0.3, -0.25) is 0 Å². The van der Waals surface area contributed by atoms with Crippen LogP contribution in [-0.2, 0) is 6.18 Å². The zero-order chi connectivity index (χ0) is 22.1. The molecule has 0 aliphatic rings. The van der Waals surface area contributed by atoms with Crippen LogP contribution < -0.4 is 10.5 Å². The Hall–Kier alpha value is -3.76. The summed E-state index contributed by atoms with van der Waals surface area (Å²) >= 11 is 5.82. The number of nitrogens with two attached hydrogens (primary N) is 1. The number of alkyl halides is 3. The zero-order valence-electron chi connectivity index (χ0n) is 15.3. The number of aromatic nitrogens is 3. The number of hydrogen-bond donors (Lipinski definition) is 1. The van der Waals surface area contributed by atoms with Crippen LogP contribution >= 0.6 is 11.6 Å². The molecule has 1 aromatic carbocycles. The Morgan fingerprint density at radius 3 is 2.50 bits per heavy atom. The summed E-state index contributed by atoms with van der Waals surface area (Å²) in [6, 6.07) is 6.70. The number of benzene rings is 1. The molecular formula is C19H12ClF3N6O. The predicted molar refractivity (Wildman–Crippen MR) is 102 cm³/mol. The van der Waals surface area contributed by atoms with Crippen molar-refractivity contribution in [3.8, 4) is 34.8 Å². The molecule has 0 radical (unpaired) electrons. The van der Waals surface area contributed by atoms with Gasteiger partial charge in [0, 0.05) is 5.56 Å². The van der Waals surface area contributed by atoms with Gasteiger partial charge in [-0.25, -0.2) is 9.67 Å². The largest absolute Gasteiger partial charge is 0.491 e. The molecule has 152 valence electrons. The first-order valence-corrected chi connectivity index (χ1v) is 8.77. The minimum Gasteiger partial charge on any atom is -0.491 e. The summed E-state index contributed by atoms with van der Waals surface area (Å²) in [5.74, 6) is 0.183. The average Bonchev–Trinajstić information content (AvgIpc) is 3.14. The lowest BCUT2D eigenvalue weighted by Gasteiger charge is -2.15. The molecule has 0 aliphatic carbocycles. The lowest BCUT2D eigenvalue weighted by Crippen LogP contribution is -2.09. The molecule has 11 heteroatoms. The minimum absolute atomic E-state index is 0.00610. The van der Waals surface area contributed by atoms with Gasteiger partial charge in [-0.1, -0.05) is 17.7 Å². The Labute approximate surface area is 173 Å². The van der Waals surface area contributed by atoms with Crippen molar-refractivity contribution in [3.63, 3.8) is 0 Å². The maximum atomic E-state index is 13.0. The fraction of sp³-hybridized carbons (Fsp3) is 0.158. The molecule has 3 aromatic rings.